The summed E-state index contributed by atoms with van der Waals surface area (Å²) >= 11 is 0. The van der Waals surface area contributed by atoms with Crippen LogP contribution in [0.1, 0.15) is 41.4 Å². The van der Waals surface area contributed by atoms with Gasteiger partial charge in [0.15, 0.2) is 0 Å². The third-order valence-corrected chi connectivity index (χ3v) is 3.01. The van der Waals surface area contributed by atoms with Crippen molar-refractivity contribution in [3.05, 3.63) is 47.5 Å². The van der Waals surface area contributed by atoms with E-state index in [2.05, 4.69) is 18.8 Å². The average molecular weight is 244 g/mol. The van der Waals surface area contributed by atoms with Crippen molar-refractivity contribution in [2.75, 3.05) is 0 Å². The molecule has 0 saturated heterocycles. The Kier molecular flexibility index (Phi) is 3.19. The molecule has 0 spiro atoms. The number of hydrogen-bond donors (Lipinski definition) is 1. The van der Waals surface area contributed by atoms with E-state index in [1.54, 1.807) is 18.5 Å². The predicted molar refractivity (Wildman–Crippen MR) is 69.3 cm³/mol. The number of carboxylic acid groups (broad SMARTS) is 1. The van der Waals surface area contributed by atoms with Crippen molar-refractivity contribution in [3.63, 3.8) is 0 Å². The summed E-state index contributed by atoms with van der Waals surface area (Å²) in [6.07, 6.45) is 3.67. The number of imidazole rings is 1. The lowest BCUT2D eigenvalue weighted by Gasteiger charge is -2.09. The van der Waals surface area contributed by atoms with Gasteiger partial charge < -0.3 is 9.67 Å². The van der Waals surface area contributed by atoms with Gasteiger partial charge in [-0.3, -0.25) is 0 Å². The van der Waals surface area contributed by atoms with Crippen LogP contribution < -0.4 is 0 Å². The van der Waals surface area contributed by atoms with Crippen LogP contribution in [0, 0.1) is 6.92 Å². The molecule has 94 valence electrons. The molecule has 1 aromatic carbocycles. The van der Waals surface area contributed by atoms with Gasteiger partial charge in [0, 0.05) is 6.20 Å². The van der Waals surface area contributed by atoms with Crippen molar-refractivity contribution < 1.29 is 9.90 Å². The number of carbonyl (C=O) groups is 1. The Bertz CT molecular complexity index is 585. The van der Waals surface area contributed by atoms with Crippen LogP contribution in [0.5, 0.6) is 0 Å². The second kappa shape index (κ2) is 4.64. The highest BCUT2D eigenvalue weighted by atomic mass is 16.4. The van der Waals surface area contributed by atoms with Gasteiger partial charge in [-0.15, -0.1) is 0 Å². The molecule has 0 aliphatic rings. The molecule has 0 atom stereocenters. The normalized spacial score (nSPS) is 10.9. The maximum absolute atomic E-state index is 11.1. The van der Waals surface area contributed by atoms with E-state index in [0.29, 0.717) is 11.5 Å². The van der Waals surface area contributed by atoms with Crippen molar-refractivity contribution in [1.82, 2.24) is 9.55 Å². The standard InChI is InChI=1S/C14H16N2O2/c1-9(2)12-7-16(8-15-12)13-6-4-5-11(10(13)3)14(17)18/h4-9H,1-3H3,(H,17,18). The molecule has 4 nitrogen and oxygen atoms in total. The Morgan fingerprint density at radius 1 is 1.39 bits per heavy atom. The molecule has 4 heteroatoms. The third kappa shape index (κ3) is 2.14. The van der Waals surface area contributed by atoms with E-state index in [9.17, 15) is 4.79 Å². The van der Waals surface area contributed by atoms with Gasteiger partial charge in [0.2, 0.25) is 0 Å². The molecule has 2 rings (SSSR count). The second-order valence-electron chi connectivity index (χ2n) is 4.62. The molecular formula is C14H16N2O2. The number of aromatic nitrogens is 2. The first-order valence-corrected chi connectivity index (χ1v) is 5.88. The highest BCUT2D eigenvalue weighted by molar-refractivity contribution is 5.90. The van der Waals surface area contributed by atoms with Crippen LogP contribution in [0.15, 0.2) is 30.7 Å². The molecule has 0 fully saturated rings. The second-order valence-corrected chi connectivity index (χ2v) is 4.62. The lowest BCUT2D eigenvalue weighted by molar-refractivity contribution is 0.0696. The lowest BCUT2D eigenvalue weighted by Crippen LogP contribution is -2.03. The molecule has 0 aliphatic carbocycles. The molecule has 0 unspecified atom stereocenters. The zero-order valence-electron chi connectivity index (χ0n) is 10.7. The van der Waals surface area contributed by atoms with Crippen LogP contribution in [-0.4, -0.2) is 20.6 Å². The Morgan fingerprint density at radius 2 is 2.11 bits per heavy atom. The van der Waals surface area contributed by atoms with Crippen LogP contribution in [0.4, 0.5) is 0 Å². The Morgan fingerprint density at radius 3 is 2.67 bits per heavy atom. The summed E-state index contributed by atoms with van der Waals surface area (Å²) in [6, 6.07) is 5.26. The van der Waals surface area contributed by atoms with E-state index < -0.39 is 5.97 Å². The van der Waals surface area contributed by atoms with E-state index in [1.165, 1.54) is 0 Å². The first-order valence-electron chi connectivity index (χ1n) is 5.88. The van der Waals surface area contributed by atoms with Crippen LogP contribution in [-0.2, 0) is 0 Å². The highest BCUT2D eigenvalue weighted by Gasteiger charge is 2.12. The molecule has 2 aromatic rings. The first kappa shape index (κ1) is 12.4. The summed E-state index contributed by atoms with van der Waals surface area (Å²) in [5.41, 5.74) is 2.93. The van der Waals surface area contributed by atoms with Crippen molar-refractivity contribution in [1.29, 1.82) is 0 Å². The summed E-state index contributed by atoms with van der Waals surface area (Å²) in [4.78, 5) is 15.4. The summed E-state index contributed by atoms with van der Waals surface area (Å²) in [5.74, 6) is -0.548. The summed E-state index contributed by atoms with van der Waals surface area (Å²) in [7, 11) is 0. The Balaban J connectivity index is 2.50. The van der Waals surface area contributed by atoms with E-state index in [4.69, 9.17) is 5.11 Å². The number of nitrogens with zero attached hydrogens (tertiary/aromatic N) is 2. The van der Waals surface area contributed by atoms with Crippen molar-refractivity contribution in [2.24, 2.45) is 0 Å². The van der Waals surface area contributed by atoms with Gasteiger partial charge >= 0.3 is 5.97 Å². The minimum Gasteiger partial charge on any atom is -0.478 e. The molecule has 1 N–H and O–H groups in total. The van der Waals surface area contributed by atoms with Crippen molar-refractivity contribution in [3.8, 4) is 5.69 Å². The van der Waals surface area contributed by atoms with E-state index >= 15 is 0 Å². The smallest absolute Gasteiger partial charge is 0.336 e. The Hall–Kier alpha value is -2.10. The number of aromatic carboxylic acids is 1. The molecular weight excluding hydrogens is 228 g/mol. The zero-order valence-corrected chi connectivity index (χ0v) is 10.7. The molecule has 0 amide bonds. The summed E-state index contributed by atoms with van der Waals surface area (Å²) < 4.78 is 1.87. The molecule has 0 radical (unpaired) electrons. The largest absolute Gasteiger partial charge is 0.478 e. The summed E-state index contributed by atoms with van der Waals surface area (Å²) in [6.45, 7) is 5.97. The predicted octanol–water partition coefficient (Wildman–Crippen LogP) is 3.00. The van der Waals surface area contributed by atoms with Gasteiger partial charge in [0.05, 0.1) is 23.3 Å². The number of carboxylic acids is 1. The van der Waals surface area contributed by atoms with E-state index in [1.807, 2.05) is 23.8 Å². The molecule has 0 bridgehead atoms. The van der Waals surface area contributed by atoms with Gasteiger partial charge in [0.25, 0.3) is 0 Å². The Labute approximate surface area is 106 Å². The van der Waals surface area contributed by atoms with Crippen LogP contribution in [0.25, 0.3) is 5.69 Å². The molecule has 1 aromatic heterocycles. The zero-order chi connectivity index (χ0) is 13.3. The van der Waals surface area contributed by atoms with Crippen molar-refractivity contribution >= 4 is 5.97 Å². The minimum absolute atomic E-state index is 0.326. The van der Waals surface area contributed by atoms with Gasteiger partial charge in [-0.1, -0.05) is 19.9 Å². The van der Waals surface area contributed by atoms with Crippen LogP contribution in [0.3, 0.4) is 0 Å². The van der Waals surface area contributed by atoms with Gasteiger partial charge in [-0.05, 0) is 30.5 Å². The molecule has 0 aliphatic heterocycles. The summed E-state index contributed by atoms with van der Waals surface area (Å²) in [5, 5.41) is 9.11. The monoisotopic (exact) mass is 244 g/mol. The fourth-order valence-corrected chi connectivity index (χ4v) is 1.90. The fraction of sp³-hybridized carbons (Fsp3) is 0.286. The SMILES string of the molecule is Cc1c(C(=O)O)cccc1-n1cnc(C(C)C)c1. The van der Waals surface area contributed by atoms with E-state index in [0.717, 1.165) is 16.9 Å². The molecule has 1 heterocycles. The van der Waals surface area contributed by atoms with Crippen molar-refractivity contribution in [2.45, 2.75) is 26.7 Å². The first-order chi connectivity index (χ1) is 8.50. The number of rotatable bonds is 3. The maximum Gasteiger partial charge on any atom is 0.336 e. The van der Waals surface area contributed by atoms with Gasteiger partial charge in [-0.2, -0.15) is 0 Å². The third-order valence-electron chi connectivity index (χ3n) is 3.01. The molecule has 18 heavy (non-hydrogen) atoms. The van der Waals surface area contributed by atoms with Crippen LogP contribution in [0.2, 0.25) is 0 Å². The maximum atomic E-state index is 11.1. The lowest BCUT2D eigenvalue weighted by atomic mass is 10.1. The number of benzene rings is 1. The fourth-order valence-electron chi connectivity index (χ4n) is 1.90. The van der Waals surface area contributed by atoms with Gasteiger partial charge in [-0.25, -0.2) is 9.78 Å². The number of hydrogen-bond acceptors (Lipinski definition) is 2. The minimum atomic E-state index is -0.904. The van der Waals surface area contributed by atoms with E-state index in [-0.39, 0.29) is 0 Å². The topological polar surface area (TPSA) is 55.1 Å². The van der Waals surface area contributed by atoms with Crippen LogP contribution >= 0.6 is 0 Å². The van der Waals surface area contributed by atoms with Gasteiger partial charge in [0.1, 0.15) is 0 Å². The quantitative estimate of drug-likeness (QED) is 0.903. The highest BCUT2D eigenvalue weighted by Crippen LogP contribution is 2.20. The average Bonchev–Trinajstić information content (AvgIpc) is 2.78. The molecule has 0 saturated carbocycles.